The lowest BCUT2D eigenvalue weighted by atomic mass is 9.97. The number of carbonyl (C=O) groups is 2. The molecule has 0 saturated carbocycles. The number of aliphatic carboxylic acids is 2. The van der Waals surface area contributed by atoms with Crippen molar-refractivity contribution >= 4 is 22.9 Å². The third-order valence-electron chi connectivity index (χ3n) is 7.19. The van der Waals surface area contributed by atoms with Crippen LogP contribution in [0, 0.1) is 0 Å². The monoisotopic (exact) mass is 638 g/mol. The van der Waals surface area contributed by atoms with Gasteiger partial charge in [-0.05, 0) is 18.2 Å². The van der Waals surface area contributed by atoms with Crippen molar-refractivity contribution in [3.8, 4) is 34.3 Å². The highest BCUT2D eigenvalue weighted by molar-refractivity contribution is 5.86. The number of hydrogen-bond donors (Lipinski definition) is 10. The summed E-state index contributed by atoms with van der Waals surface area (Å²) in [5.41, 5.74) is -0.880. The molecule has 10 N–H and O–H groups in total. The van der Waals surface area contributed by atoms with Gasteiger partial charge in [0.15, 0.2) is 41.5 Å². The Balaban J connectivity index is 1.51. The number of benzene rings is 2. The molecule has 0 aliphatic carbocycles. The van der Waals surface area contributed by atoms with Crippen LogP contribution in [-0.2, 0) is 23.8 Å². The molecule has 10 atom stereocenters. The zero-order valence-electron chi connectivity index (χ0n) is 22.5. The van der Waals surface area contributed by atoms with E-state index in [1.807, 2.05) is 0 Å². The fraction of sp³-hybridized carbons (Fsp3) is 0.370. The topological polar surface area (TPSA) is 304 Å². The van der Waals surface area contributed by atoms with Crippen molar-refractivity contribution in [3.63, 3.8) is 0 Å². The lowest BCUT2D eigenvalue weighted by Crippen LogP contribution is -2.66. The molecule has 3 heterocycles. The number of fused-ring (bicyclic) bond motifs is 1. The minimum atomic E-state index is -2.17. The Labute approximate surface area is 249 Å². The van der Waals surface area contributed by atoms with Crippen molar-refractivity contribution in [2.45, 2.75) is 61.4 Å². The smallest absolute Gasteiger partial charge is 0.335 e. The van der Waals surface area contributed by atoms with E-state index in [0.29, 0.717) is 0 Å². The lowest BCUT2D eigenvalue weighted by molar-refractivity contribution is -0.350. The Morgan fingerprint density at radius 2 is 1.31 bits per heavy atom. The molecule has 0 spiro atoms. The number of aromatic hydroxyl groups is 3. The molecule has 0 amide bonds. The zero-order chi connectivity index (χ0) is 32.9. The number of ether oxygens (including phenoxy) is 4. The van der Waals surface area contributed by atoms with E-state index >= 15 is 0 Å². The standard InChI is InChI=1S/C27H26O18/c28-9-2-1-7(3-10(9)29)13-6-12(31)15-11(30)4-8(5-14(15)42-13)41-27-23(19(35)18(34)22(44-27)25(39)40)45-26-20(36)16(32)17(33)21(43-26)24(37)38/h1-6,16-23,26-30,32-36H,(H,37,38)(H,39,40). The van der Waals surface area contributed by atoms with Crippen LogP contribution in [0.15, 0.2) is 45.6 Å². The van der Waals surface area contributed by atoms with Crippen molar-refractivity contribution in [2.24, 2.45) is 0 Å². The van der Waals surface area contributed by atoms with Gasteiger partial charge in [-0.2, -0.15) is 0 Å². The predicted molar refractivity (Wildman–Crippen MR) is 141 cm³/mol. The molecule has 3 aromatic rings. The van der Waals surface area contributed by atoms with E-state index in [1.54, 1.807) is 0 Å². The number of rotatable bonds is 7. The van der Waals surface area contributed by atoms with Gasteiger partial charge in [0, 0.05) is 23.8 Å². The molecular weight excluding hydrogens is 612 g/mol. The Morgan fingerprint density at radius 1 is 0.689 bits per heavy atom. The van der Waals surface area contributed by atoms with E-state index in [9.17, 15) is 65.4 Å². The van der Waals surface area contributed by atoms with Gasteiger partial charge < -0.3 is 74.4 Å². The largest absolute Gasteiger partial charge is 0.507 e. The minimum Gasteiger partial charge on any atom is -0.507 e. The minimum absolute atomic E-state index is 0.115. The van der Waals surface area contributed by atoms with E-state index in [1.165, 1.54) is 6.07 Å². The molecule has 242 valence electrons. The van der Waals surface area contributed by atoms with Gasteiger partial charge in [0.25, 0.3) is 0 Å². The van der Waals surface area contributed by atoms with Gasteiger partial charge in [0.05, 0.1) is 0 Å². The van der Waals surface area contributed by atoms with Crippen molar-refractivity contribution < 1.29 is 84.0 Å². The normalized spacial score (nSPS) is 31.8. The average Bonchev–Trinajstić information content (AvgIpc) is 2.97. The molecule has 0 radical (unpaired) electrons. The number of hydrogen-bond acceptors (Lipinski definition) is 16. The average molecular weight is 638 g/mol. The van der Waals surface area contributed by atoms with Crippen LogP contribution in [0.1, 0.15) is 0 Å². The highest BCUT2D eigenvalue weighted by Gasteiger charge is 2.54. The van der Waals surface area contributed by atoms with Gasteiger partial charge in [0.1, 0.15) is 58.7 Å². The Bertz CT molecular complexity index is 1670. The van der Waals surface area contributed by atoms with E-state index in [0.717, 1.165) is 30.3 Å². The molecule has 10 unspecified atom stereocenters. The second-order valence-corrected chi connectivity index (χ2v) is 10.2. The van der Waals surface area contributed by atoms with Crippen LogP contribution in [-0.4, -0.2) is 124 Å². The summed E-state index contributed by atoms with van der Waals surface area (Å²) < 4.78 is 27.1. The van der Waals surface area contributed by atoms with Crippen LogP contribution in [0.5, 0.6) is 23.0 Å². The second-order valence-electron chi connectivity index (χ2n) is 10.2. The fourth-order valence-corrected chi connectivity index (χ4v) is 4.86. The fourth-order valence-electron chi connectivity index (χ4n) is 4.86. The third kappa shape index (κ3) is 5.95. The van der Waals surface area contributed by atoms with Crippen molar-refractivity contribution in [1.82, 2.24) is 0 Å². The van der Waals surface area contributed by atoms with E-state index in [4.69, 9.17) is 23.4 Å². The zero-order valence-corrected chi connectivity index (χ0v) is 22.5. The Morgan fingerprint density at radius 3 is 1.93 bits per heavy atom. The van der Waals surface area contributed by atoms with Gasteiger partial charge in [-0.1, -0.05) is 0 Å². The first-order chi connectivity index (χ1) is 21.2. The number of carboxylic acid groups (broad SMARTS) is 2. The van der Waals surface area contributed by atoms with Crippen molar-refractivity contribution in [1.29, 1.82) is 0 Å². The van der Waals surface area contributed by atoms with Crippen molar-refractivity contribution in [2.75, 3.05) is 0 Å². The molecule has 45 heavy (non-hydrogen) atoms. The summed E-state index contributed by atoms with van der Waals surface area (Å²) in [7, 11) is 0. The maximum absolute atomic E-state index is 12.8. The Kier molecular flexibility index (Phi) is 8.58. The molecule has 18 heteroatoms. The summed E-state index contributed by atoms with van der Waals surface area (Å²) in [6.07, 6.45) is -21.0. The summed E-state index contributed by atoms with van der Waals surface area (Å²) in [4.78, 5) is 36.0. The van der Waals surface area contributed by atoms with E-state index in [-0.39, 0.29) is 28.0 Å². The maximum Gasteiger partial charge on any atom is 0.335 e. The van der Waals surface area contributed by atoms with Gasteiger partial charge in [-0.25, -0.2) is 9.59 Å². The number of aliphatic hydroxyl groups excluding tert-OH is 5. The molecule has 0 bridgehead atoms. The van der Waals surface area contributed by atoms with Gasteiger partial charge in [0.2, 0.25) is 6.29 Å². The number of carboxylic acids is 2. The predicted octanol–water partition coefficient (Wildman–Crippen LogP) is -2.24. The molecule has 2 fully saturated rings. The lowest BCUT2D eigenvalue weighted by Gasteiger charge is -2.44. The molecule has 18 nitrogen and oxygen atoms in total. The first-order valence-electron chi connectivity index (χ1n) is 13.0. The summed E-state index contributed by atoms with van der Waals surface area (Å²) in [6.45, 7) is 0. The molecule has 2 aromatic carbocycles. The van der Waals surface area contributed by atoms with Crippen LogP contribution in [0.3, 0.4) is 0 Å². The van der Waals surface area contributed by atoms with E-state index in [2.05, 4.69) is 0 Å². The SMILES string of the molecule is O=C(O)C1OC(OC2C(Oc3cc(O)c4c(=O)cc(-c5ccc(O)c(O)c5)oc4c3)OC(C(=O)O)C(O)C2O)C(O)C(O)C1O. The quantitative estimate of drug-likeness (QED) is 0.122. The second kappa shape index (κ2) is 12.1. The highest BCUT2D eigenvalue weighted by atomic mass is 16.8. The molecule has 2 aliphatic heterocycles. The van der Waals surface area contributed by atoms with Gasteiger partial charge in [-0.15, -0.1) is 0 Å². The number of aliphatic hydroxyl groups is 5. The summed E-state index contributed by atoms with van der Waals surface area (Å²) >= 11 is 0. The van der Waals surface area contributed by atoms with Crippen LogP contribution < -0.4 is 10.2 Å². The summed E-state index contributed by atoms with van der Waals surface area (Å²) in [5, 5.41) is 100. The molecule has 2 aliphatic rings. The Hall–Kier alpha value is -4.53. The summed E-state index contributed by atoms with van der Waals surface area (Å²) in [6, 6.07) is 6.51. The van der Waals surface area contributed by atoms with E-state index < -0.39 is 96.0 Å². The molecule has 5 rings (SSSR count). The number of phenolic OH excluding ortho intramolecular Hbond substituents is 3. The molecular formula is C27H26O18. The van der Waals surface area contributed by atoms with Crippen LogP contribution in [0.4, 0.5) is 0 Å². The third-order valence-corrected chi connectivity index (χ3v) is 7.19. The first kappa shape index (κ1) is 31.9. The van der Waals surface area contributed by atoms with Crippen LogP contribution in [0.25, 0.3) is 22.3 Å². The maximum atomic E-state index is 12.8. The molecule has 2 saturated heterocycles. The first-order valence-corrected chi connectivity index (χ1v) is 13.0. The highest BCUT2D eigenvalue weighted by Crippen LogP contribution is 2.36. The van der Waals surface area contributed by atoms with Crippen molar-refractivity contribution in [3.05, 3.63) is 46.6 Å². The number of phenols is 3. The van der Waals surface area contributed by atoms with Gasteiger partial charge in [-0.3, -0.25) is 4.79 Å². The molecule has 1 aromatic heterocycles. The summed E-state index contributed by atoms with van der Waals surface area (Å²) in [5.74, 6) is -5.65. The van der Waals surface area contributed by atoms with Gasteiger partial charge >= 0.3 is 11.9 Å². The van der Waals surface area contributed by atoms with Crippen LogP contribution >= 0.6 is 0 Å². The van der Waals surface area contributed by atoms with Crippen LogP contribution in [0.2, 0.25) is 0 Å².